The van der Waals surface area contributed by atoms with E-state index in [1.807, 2.05) is 0 Å². The lowest BCUT2D eigenvalue weighted by Crippen LogP contribution is -2.34. The summed E-state index contributed by atoms with van der Waals surface area (Å²) in [7, 11) is 3.20. The van der Waals surface area contributed by atoms with Crippen molar-refractivity contribution in [1.82, 2.24) is 29.4 Å². The van der Waals surface area contributed by atoms with Crippen LogP contribution in [0.15, 0.2) is 22.6 Å². The van der Waals surface area contributed by atoms with Crippen LogP contribution in [-0.4, -0.2) is 70.7 Å². The van der Waals surface area contributed by atoms with Crippen LogP contribution < -0.4 is 9.82 Å². The van der Waals surface area contributed by atoms with E-state index >= 15 is 0 Å². The van der Waals surface area contributed by atoms with Gasteiger partial charge in [0.25, 0.3) is 0 Å². The molecule has 4 heterocycles. The van der Waals surface area contributed by atoms with E-state index in [-0.39, 0.29) is 17.2 Å². The van der Waals surface area contributed by atoms with Gasteiger partial charge in [-0.05, 0) is 39.5 Å². The monoisotopic (exact) mass is 592 g/mol. The van der Waals surface area contributed by atoms with Crippen LogP contribution in [0.3, 0.4) is 0 Å². The smallest absolute Gasteiger partial charge is 0.312 e. The van der Waals surface area contributed by atoms with E-state index in [1.165, 1.54) is 15.6 Å². The molecule has 2 aromatic rings. The number of aliphatic hydroxyl groups is 1. The van der Waals surface area contributed by atoms with Crippen molar-refractivity contribution < 1.29 is 29.2 Å². The van der Waals surface area contributed by atoms with Gasteiger partial charge in [0.15, 0.2) is 17.9 Å². The fourth-order valence-corrected chi connectivity index (χ4v) is 5.00. The largest absolute Gasteiger partial charge is 0.388 e. The molecule has 0 radical (unpaired) electrons. The van der Waals surface area contributed by atoms with Gasteiger partial charge in [0.2, 0.25) is 9.82 Å². The van der Waals surface area contributed by atoms with Crippen LogP contribution in [0.1, 0.15) is 63.1 Å². The molecule has 42 heavy (non-hydrogen) atoms. The number of aliphatic hydroxyl groups excluding tert-OH is 1. The third-order valence-corrected chi connectivity index (χ3v) is 7.11. The summed E-state index contributed by atoms with van der Waals surface area (Å²) in [6.07, 6.45) is 0.422. The molecule has 0 saturated carbocycles. The number of aryl methyl sites for hydroxylation is 2. The van der Waals surface area contributed by atoms with Gasteiger partial charge >= 0.3 is 11.4 Å². The van der Waals surface area contributed by atoms with E-state index in [1.54, 1.807) is 27.9 Å². The molecule has 0 spiro atoms. The van der Waals surface area contributed by atoms with Gasteiger partial charge in [-0.15, -0.1) is 0 Å². The quantitative estimate of drug-likeness (QED) is 0.189. The zero-order valence-corrected chi connectivity index (χ0v) is 23.3. The van der Waals surface area contributed by atoms with Crippen molar-refractivity contribution >= 4 is 17.2 Å². The molecule has 226 valence electrons. The maximum atomic E-state index is 12.0. The van der Waals surface area contributed by atoms with Crippen molar-refractivity contribution in [2.45, 2.75) is 82.1 Å². The predicted molar refractivity (Wildman–Crippen MR) is 138 cm³/mol. The molecule has 0 aliphatic carbocycles. The second kappa shape index (κ2) is 13.8. The Balaban J connectivity index is 0.000000230. The highest BCUT2D eigenvalue weighted by molar-refractivity contribution is 5.88. The molecule has 20 nitrogen and oxygen atoms in total. The number of hydrogen-bond acceptors (Lipinski definition) is 14. The van der Waals surface area contributed by atoms with Crippen molar-refractivity contribution in [3.63, 3.8) is 0 Å². The van der Waals surface area contributed by atoms with Crippen molar-refractivity contribution in [3.8, 4) is 0 Å². The van der Waals surface area contributed by atoms with Crippen LogP contribution in [0.25, 0.3) is 0 Å². The van der Waals surface area contributed by atoms with Crippen LogP contribution in [-0.2, 0) is 28.4 Å². The Bertz CT molecular complexity index is 1410. The van der Waals surface area contributed by atoms with Crippen molar-refractivity contribution in [3.05, 3.63) is 44.0 Å². The summed E-state index contributed by atoms with van der Waals surface area (Å²) in [5.74, 6) is -0.279. The maximum absolute atomic E-state index is 12.0. The molecule has 4 rings (SSSR count). The summed E-state index contributed by atoms with van der Waals surface area (Å²) in [5, 5.41) is 47.2. The Morgan fingerprint density at radius 1 is 0.929 bits per heavy atom. The van der Waals surface area contributed by atoms with Crippen molar-refractivity contribution in [1.29, 1.82) is 11.1 Å². The van der Waals surface area contributed by atoms with Gasteiger partial charge in [0, 0.05) is 14.1 Å². The number of aromatic nitrogens is 4. The molecule has 0 unspecified atom stereocenters. The van der Waals surface area contributed by atoms with Gasteiger partial charge in [-0.2, -0.15) is 10.2 Å². The molecule has 0 aromatic carbocycles. The maximum Gasteiger partial charge on any atom is 0.312 e. The number of rotatable bonds is 6. The van der Waals surface area contributed by atoms with Crippen molar-refractivity contribution in [2.24, 2.45) is 24.3 Å². The standard InChI is InChI=1S/C11H17N6O4.C11H15N6O4/c2*1-6-11(18)7(14-15-12)3-4-9(21-6)10-8(17(19)20)5-13-16(10)2/h5-7,9,11-12,18H,3-4H2,1-2H3;5-7,9,12H,3-4H2,1-2H3/q2*+1/t6-,7+,9-,11+;6-,7+,9-/m00/s1. The van der Waals surface area contributed by atoms with Gasteiger partial charge < -0.3 is 14.6 Å². The molecule has 0 amide bonds. The molecule has 20 heteroatoms. The summed E-state index contributed by atoms with van der Waals surface area (Å²) in [4.78, 5) is 39.0. The number of ketones is 1. The lowest BCUT2D eigenvalue weighted by Gasteiger charge is -2.21. The van der Waals surface area contributed by atoms with E-state index in [0.29, 0.717) is 37.1 Å². The number of nitro groups is 2. The lowest BCUT2D eigenvalue weighted by atomic mass is 10.0. The highest BCUT2D eigenvalue weighted by Crippen LogP contribution is 2.36. The van der Waals surface area contributed by atoms with Gasteiger partial charge in [-0.1, -0.05) is 0 Å². The highest BCUT2D eigenvalue weighted by atomic mass is 16.6. The Hall–Kier alpha value is -4.61. The molecule has 2 aliphatic heterocycles. The number of nitrogens with zero attached hydrogens (tertiary/aromatic N) is 10. The number of nitrogens with one attached hydrogen (secondary N) is 2. The normalized spacial score (nSPS) is 27.7. The van der Waals surface area contributed by atoms with Crippen molar-refractivity contribution in [2.75, 3.05) is 0 Å². The molecular formula is C22H32N12O8+2. The minimum atomic E-state index is -0.906. The first-order valence-corrected chi connectivity index (χ1v) is 12.9. The fourth-order valence-electron chi connectivity index (χ4n) is 5.00. The van der Waals surface area contributed by atoms with Gasteiger partial charge in [0.05, 0.1) is 16.0 Å². The van der Waals surface area contributed by atoms with E-state index in [2.05, 4.69) is 30.2 Å². The Morgan fingerprint density at radius 3 is 1.93 bits per heavy atom. The molecule has 0 bridgehead atoms. The molecule has 7 atom stereocenters. The zero-order valence-electron chi connectivity index (χ0n) is 23.3. The molecule has 3 N–H and O–H groups in total. The highest BCUT2D eigenvalue weighted by Gasteiger charge is 2.40. The average Bonchev–Trinajstić information content (AvgIpc) is 3.45. The third-order valence-electron chi connectivity index (χ3n) is 7.11. The van der Waals surface area contributed by atoms with Crippen LogP contribution in [0.4, 0.5) is 11.4 Å². The second-order valence-electron chi connectivity index (χ2n) is 9.75. The molecular weight excluding hydrogens is 560 g/mol. The summed E-state index contributed by atoms with van der Waals surface area (Å²) >= 11 is 0. The van der Waals surface area contributed by atoms with Gasteiger partial charge in [-0.3, -0.25) is 34.4 Å². The van der Waals surface area contributed by atoms with E-state index in [9.17, 15) is 30.1 Å². The Kier molecular flexibility index (Phi) is 10.5. The first kappa shape index (κ1) is 31.9. The molecule has 2 aromatic heterocycles. The van der Waals surface area contributed by atoms with E-state index < -0.39 is 52.5 Å². The minimum absolute atomic E-state index is 0.107. The fraction of sp³-hybridized carbons (Fsp3) is 0.682. The number of carbonyl (C=O) groups is 1. The van der Waals surface area contributed by atoms with Gasteiger partial charge in [-0.25, -0.2) is 0 Å². The van der Waals surface area contributed by atoms with Crippen LogP contribution in [0.2, 0.25) is 0 Å². The summed E-state index contributed by atoms with van der Waals surface area (Å²) in [6, 6.07) is -1.29. The number of hydrogen-bond donors (Lipinski definition) is 3. The minimum Gasteiger partial charge on any atom is -0.388 e. The third kappa shape index (κ3) is 6.99. The Morgan fingerprint density at radius 2 is 1.43 bits per heavy atom. The lowest BCUT2D eigenvalue weighted by molar-refractivity contribution is -0.386. The van der Waals surface area contributed by atoms with Crippen LogP contribution in [0, 0.1) is 31.3 Å². The summed E-state index contributed by atoms with van der Waals surface area (Å²) < 4.78 is 14.2. The van der Waals surface area contributed by atoms with E-state index in [0.717, 1.165) is 6.20 Å². The first-order chi connectivity index (χ1) is 19.9. The summed E-state index contributed by atoms with van der Waals surface area (Å²) in [5.41, 5.74) is 14.0. The van der Waals surface area contributed by atoms with Gasteiger partial charge in [0.1, 0.15) is 69.5 Å². The zero-order chi connectivity index (χ0) is 31.1. The number of ether oxygens (including phenoxy) is 2. The van der Waals surface area contributed by atoms with Crippen LogP contribution >= 0.6 is 0 Å². The SMILES string of the molecule is C[C@@H]1O[C@H](c2c([N+](=O)[O-])cnn2C)CC[C@@H](N=[N+]=N)C1=O.C[C@@H]1O[C@H](c2c([N+](=O)[O-])cnn2C)CC[C@@H](N=[N+]=N)[C@@H]1O. The topological polar surface area (TPSA) is 278 Å². The number of Topliss-reactive ketones (excluding diaryl/α,β-unsaturated/α-hetero) is 1. The van der Waals surface area contributed by atoms with E-state index in [4.69, 9.17) is 20.5 Å². The predicted octanol–water partition coefficient (Wildman–Crippen LogP) is 1.90. The molecule has 2 fully saturated rings. The molecule has 2 saturated heterocycles. The number of carbonyl (C=O) groups excluding carboxylic acids is 1. The Labute approximate surface area is 237 Å². The molecule has 2 aliphatic rings. The summed E-state index contributed by atoms with van der Waals surface area (Å²) in [6.45, 7) is 3.23. The first-order valence-electron chi connectivity index (χ1n) is 12.9. The average molecular weight is 593 g/mol. The second-order valence-corrected chi connectivity index (χ2v) is 9.75. The van der Waals surface area contributed by atoms with Crippen LogP contribution in [0.5, 0.6) is 0 Å².